The summed E-state index contributed by atoms with van der Waals surface area (Å²) in [5.41, 5.74) is 6.83. The van der Waals surface area contributed by atoms with E-state index < -0.39 is 5.91 Å². The lowest BCUT2D eigenvalue weighted by atomic mass is 10.2. The maximum Gasteiger partial charge on any atom is 0.281 e. The first-order chi connectivity index (χ1) is 7.68. The van der Waals surface area contributed by atoms with Crippen LogP contribution in [-0.4, -0.2) is 21.2 Å². The van der Waals surface area contributed by atoms with E-state index in [0.717, 1.165) is 5.56 Å². The third-order valence-electron chi connectivity index (χ3n) is 2.02. The molecule has 2 aromatic rings. The molecular formula is C9H9N5O2. The van der Waals surface area contributed by atoms with Crippen molar-refractivity contribution in [1.29, 1.82) is 0 Å². The van der Waals surface area contributed by atoms with Gasteiger partial charge in [0.1, 0.15) is 0 Å². The number of carbonyl (C=O) groups excluding carboxylic acids is 1. The minimum atomic E-state index is -0.477. The van der Waals surface area contributed by atoms with Gasteiger partial charge in [-0.2, -0.15) is 0 Å². The van der Waals surface area contributed by atoms with Crippen molar-refractivity contribution >= 4 is 17.4 Å². The Morgan fingerprint density at radius 1 is 1.50 bits per heavy atom. The van der Waals surface area contributed by atoms with Crippen LogP contribution in [0.3, 0.4) is 0 Å². The van der Waals surface area contributed by atoms with E-state index in [1.807, 2.05) is 6.92 Å². The molecular weight excluding hydrogens is 210 g/mol. The van der Waals surface area contributed by atoms with Gasteiger partial charge in [0.2, 0.25) is 11.5 Å². The first kappa shape index (κ1) is 10.1. The smallest absolute Gasteiger partial charge is 0.281 e. The van der Waals surface area contributed by atoms with Crippen LogP contribution in [-0.2, 0) is 0 Å². The predicted molar refractivity (Wildman–Crippen MR) is 55.6 cm³/mol. The van der Waals surface area contributed by atoms with Gasteiger partial charge in [-0.05, 0) is 28.9 Å². The molecule has 0 saturated heterocycles. The highest BCUT2D eigenvalue weighted by Crippen LogP contribution is 2.13. The standard InChI is InChI=1S/C9H9N5O2/c1-5-2-3-11-4-6(5)12-9(15)7-8(10)14-16-13-7/h2-4H,1H3,(H2,10,14)(H,12,15). The Morgan fingerprint density at radius 2 is 2.31 bits per heavy atom. The van der Waals surface area contributed by atoms with E-state index in [1.54, 1.807) is 12.3 Å². The normalized spacial score (nSPS) is 10.1. The lowest BCUT2D eigenvalue weighted by molar-refractivity contribution is 0.101. The van der Waals surface area contributed by atoms with Crippen LogP contribution in [0.4, 0.5) is 11.5 Å². The van der Waals surface area contributed by atoms with Gasteiger partial charge < -0.3 is 11.1 Å². The average Bonchev–Trinajstić information content (AvgIpc) is 2.68. The quantitative estimate of drug-likeness (QED) is 0.766. The number of nitrogen functional groups attached to an aromatic ring is 1. The van der Waals surface area contributed by atoms with Crippen molar-refractivity contribution < 1.29 is 9.42 Å². The zero-order valence-electron chi connectivity index (χ0n) is 8.47. The van der Waals surface area contributed by atoms with Crippen molar-refractivity contribution in [3.8, 4) is 0 Å². The number of hydrogen-bond donors (Lipinski definition) is 2. The molecule has 0 aliphatic rings. The Morgan fingerprint density at radius 3 is 2.94 bits per heavy atom. The summed E-state index contributed by atoms with van der Waals surface area (Å²) in [6.45, 7) is 1.85. The zero-order chi connectivity index (χ0) is 11.5. The van der Waals surface area contributed by atoms with Crippen molar-refractivity contribution in [2.45, 2.75) is 6.92 Å². The van der Waals surface area contributed by atoms with Gasteiger partial charge in [0.15, 0.2) is 0 Å². The third kappa shape index (κ3) is 1.83. The molecule has 16 heavy (non-hydrogen) atoms. The van der Waals surface area contributed by atoms with Crippen molar-refractivity contribution in [2.75, 3.05) is 11.1 Å². The maximum absolute atomic E-state index is 11.7. The topological polar surface area (TPSA) is 107 Å². The molecule has 1 amide bonds. The number of pyridine rings is 1. The molecule has 7 heteroatoms. The largest absolute Gasteiger partial charge is 0.379 e. The Bertz CT molecular complexity index is 522. The van der Waals surface area contributed by atoms with Gasteiger partial charge in [0.05, 0.1) is 11.9 Å². The highest BCUT2D eigenvalue weighted by molar-refractivity contribution is 6.05. The van der Waals surface area contributed by atoms with E-state index in [1.165, 1.54) is 6.20 Å². The molecule has 0 unspecified atom stereocenters. The molecule has 0 fully saturated rings. The van der Waals surface area contributed by atoms with Crippen molar-refractivity contribution in [1.82, 2.24) is 15.3 Å². The van der Waals surface area contributed by atoms with Gasteiger partial charge in [-0.15, -0.1) is 0 Å². The molecule has 0 aliphatic carbocycles. The van der Waals surface area contributed by atoms with Crippen LogP contribution in [0.1, 0.15) is 16.1 Å². The summed E-state index contributed by atoms with van der Waals surface area (Å²) in [4.78, 5) is 15.6. The highest BCUT2D eigenvalue weighted by Gasteiger charge is 2.16. The molecule has 0 spiro atoms. The van der Waals surface area contributed by atoms with E-state index in [2.05, 4.69) is 25.2 Å². The fourth-order valence-corrected chi connectivity index (χ4v) is 1.13. The first-order valence-corrected chi connectivity index (χ1v) is 4.48. The van der Waals surface area contributed by atoms with Crippen LogP contribution in [0.5, 0.6) is 0 Å². The molecule has 2 aromatic heterocycles. The van der Waals surface area contributed by atoms with Crippen LogP contribution in [0.25, 0.3) is 0 Å². The number of nitrogens with two attached hydrogens (primary N) is 1. The monoisotopic (exact) mass is 219 g/mol. The number of rotatable bonds is 2. The summed E-state index contributed by atoms with van der Waals surface area (Å²) >= 11 is 0. The van der Waals surface area contributed by atoms with Crippen molar-refractivity contribution in [2.24, 2.45) is 0 Å². The molecule has 7 nitrogen and oxygen atoms in total. The molecule has 82 valence electrons. The van der Waals surface area contributed by atoms with Gasteiger partial charge in [-0.25, -0.2) is 4.63 Å². The van der Waals surface area contributed by atoms with E-state index >= 15 is 0 Å². The summed E-state index contributed by atoms with van der Waals surface area (Å²) in [6.07, 6.45) is 3.17. The number of aromatic nitrogens is 3. The van der Waals surface area contributed by atoms with Gasteiger partial charge in [0, 0.05) is 6.20 Å². The van der Waals surface area contributed by atoms with E-state index in [-0.39, 0.29) is 11.5 Å². The number of amides is 1. The molecule has 0 aliphatic heterocycles. The second-order valence-electron chi connectivity index (χ2n) is 3.14. The van der Waals surface area contributed by atoms with E-state index in [9.17, 15) is 4.79 Å². The number of aryl methyl sites for hydroxylation is 1. The maximum atomic E-state index is 11.7. The van der Waals surface area contributed by atoms with Crippen LogP contribution in [0.15, 0.2) is 23.1 Å². The van der Waals surface area contributed by atoms with E-state index in [4.69, 9.17) is 5.73 Å². The number of carbonyl (C=O) groups is 1. The molecule has 0 bridgehead atoms. The minimum Gasteiger partial charge on any atom is -0.379 e. The molecule has 0 saturated carbocycles. The number of hydrogen-bond acceptors (Lipinski definition) is 6. The highest BCUT2D eigenvalue weighted by atomic mass is 16.6. The van der Waals surface area contributed by atoms with Gasteiger partial charge in [-0.1, -0.05) is 0 Å². The summed E-state index contributed by atoms with van der Waals surface area (Å²) in [5, 5.41) is 9.32. The Balaban J connectivity index is 2.21. The Kier molecular flexibility index (Phi) is 2.50. The SMILES string of the molecule is Cc1ccncc1NC(=O)c1nonc1N. The van der Waals surface area contributed by atoms with Crippen LogP contribution >= 0.6 is 0 Å². The Labute approximate surface area is 90.6 Å². The van der Waals surface area contributed by atoms with Crippen LogP contribution in [0, 0.1) is 6.92 Å². The summed E-state index contributed by atoms with van der Waals surface area (Å²) < 4.78 is 4.33. The van der Waals surface area contributed by atoms with Crippen LogP contribution in [0.2, 0.25) is 0 Å². The van der Waals surface area contributed by atoms with Crippen molar-refractivity contribution in [3.63, 3.8) is 0 Å². The second-order valence-corrected chi connectivity index (χ2v) is 3.14. The lowest BCUT2D eigenvalue weighted by Gasteiger charge is -2.04. The first-order valence-electron chi connectivity index (χ1n) is 4.48. The minimum absolute atomic E-state index is 0.0387. The summed E-state index contributed by atoms with van der Waals surface area (Å²) in [6, 6.07) is 1.78. The predicted octanol–water partition coefficient (Wildman–Crippen LogP) is 0.608. The summed E-state index contributed by atoms with van der Waals surface area (Å²) in [7, 11) is 0. The van der Waals surface area contributed by atoms with E-state index in [0.29, 0.717) is 5.69 Å². The molecule has 0 radical (unpaired) electrons. The zero-order valence-corrected chi connectivity index (χ0v) is 8.47. The molecule has 3 N–H and O–H groups in total. The lowest BCUT2D eigenvalue weighted by Crippen LogP contribution is -2.15. The molecule has 2 heterocycles. The van der Waals surface area contributed by atoms with Crippen LogP contribution < -0.4 is 11.1 Å². The van der Waals surface area contributed by atoms with Gasteiger partial charge in [-0.3, -0.25) is 9.78 Å². The average molecular weight is 219 g/mol. The third-order valence-corrected chi connectivity index (χ3v) is 2.02. The molecule has 0 aromatic carbocycles. The molecule has 2 rings (SSSR count). The second kappa shape index (κ2) is 3.97. The Hall–Kier alpha value is -2.44. The number of anilines is 2. The fourth-order valence-electron chi connectivity index (χ4n) is 1.13. The molecule has 0 atom stereocenters. The fraction of sp³-hybridized carbons (Fsp3) is 0.111. The number of nitrogens with one attached hydrogen (secondary N) is 1. The van der Waals surface area contributed by atoms with Crippen molar-refractivity contribution in [3.05, 3.63) is 29.7 Å². The number of nitrogens with zero attached hydrogens (tertiary/aromatic N) is 3. The van der Waals surface area contributed by atoms with Gasteiger partial charge >= 0.3 is 0 Å². The van der Waals surface area contributed by atoms with Gasteiger partial charge in [0.25, 0.3) is 5.91 Å². The summed E-state index contributed by atoms with van der Waals surface area (Å²) in [5.74, 6) is -0.520.